The second kappa shape index (κ2) is 10.3. The van der Waals surface area contributed by atoms with Gasteiger partial charge in [0, 0.05) is 38.0 Å². The van der Waals surface area contributed by atoms with Crippen molar-refractivity contribution in [2.75, 3.05) is 42.9 Å². The highest BCUT2D eigenvalue weighted by atomic mass is 35.5. The Labute approximate surface area is 193 Å². The number of rotatable bonds is 7. The third-order valence-corrected chi connectivity index (χ3v) is 6.46. The molecule has 7 heteroatoms. The lowest BCUT2D eigenvalue weighted by molar-refractivity contribution is -0.116. The van der Waals surface area contributed by atoms with Crippen LogP contribution in [-0.2, 0) is 4.79 Å². The minimum absolute atomic E-state index is 0.0394. The third-order valence-electron chi connectivity index (χ3n) is 5.65. The molecule has 1 amide bonds. The highest BCUT2D eigenvalue weighted by Crippen LogP contribution is 2.32. The topological polar surface area (TPSA) is 48.5 Å². The molecule has 162 valence electrons. The molecule has 4 rings (SSSR count). The van der Waals surface area contributed by atoms with Crippen molar-refractivity contribution in [1.29, 1.82) is 0 Å². The summed E-state index contributed by atoms with van der Waals surface area (Å²) in [5, 5.41) is 5.21. The number of anilines is 2. The highest BCUT2D eigenvalue weighted by Gasteiger charge is 2.19. The number of amides is 1. The first-order valence-electron chi connectivity index (χ1n) is 10.7. The predicted octanol–water partition coefficient (Wildman–Crippen LogP) is 5.47. The maximum Gasteiger partial charge on any atom is 0.224 e. The van der Waals surface area contributed by atoms with Gasteiger partial charge in [-0.05, 0) is 43.7 Å². The Hall–Kier alpha value is -2.34. The highest BCUT2D eigenvalue weighted by molar-refractivity contribution is 6.43. The van der Waals surface area contributed by atoms with Crippen LogP contribution >= 0.6 is 23.2 Å². The standard InChI is InChI=1S/C24H26Cl2N4O/c25-20-7-5-9-22(24(20)26)30-14-12-29(13-15-30)11-4-3-10-23(31)28-19-16-18-6-1-2-8-21(18)27-17-19/h1-2,5-9,16-17H,3-4,10-15H2,(H,28,31). The second-order valence-corrected chi connectivity index (χ2v) is 8.61. The molecule has 1 aromatic heterocycles. The van der Waals surface area contributed by atoms with Gasteiger partial charge in [0.25, 0.3) is 0 Å². The maximum atomic E-state index is 12.3. The van der Waals surface area contributed by atoms with E-state index in [-0.39, 0.29) is 5.91 Å². The van der Waals surface area contributed by atoms with E-state index in [0.717, 1.165) is 67.8 Å². The quantitative estimate of drug-likeness (QED) is 0.478. The van der Waals surface area contributed by atoms with Crippen LogP contribution in [0.3, 0.4) is 0 Å². The van der Waals surface area contributed by atoms with E-state index in [2.05, 4.69) is 20.1 Å². The first-order valence-corrected chi connectivity index (χ1v) is 11.4. The van der Waals surface area contributed by atoms with Crippen molar-refractivity contribution < 1.29 is 4.79 Å². The molecule has 0 atom stereocenters. The van der Waals surface area contributed by atoms with Crippen molar-refractivity contribution in [3.63, 3.8) is 0 Å². The van der Waals surface area contributed by atoms with Crippen LogP contribution in [0.1, 0.15) is 19.3 Å². The van der Waals surface area contributed by atoms with Crippen molar-refractivity contribution in [1.82, 2.24) is 9.88 Å². The molecule has 0 bridgehead atoms. The summed E-state index contributed by atoms with van der Waals surface area (Å²) in [5.41, 5.74) is 2.69. The molecule has 5 nitrogen and oxygen atoms in total. The van der Waals surface area contributed by atoms with Crippen LogP contribution in [0.5, 0.6) is 0 Å². The average Bonchev–Trinajstić information content (AvgIpc) is 2.79. The van der Waals surface area contributed by atoms with Gasteiger partial charge in [-0.1, -0.05) is 47.5 Å². The van der Waals surface area contributed by atoms with E-state index < -0.39 is 0 Å². The van der Waals surface area contributed by atoms with E-state index >= 15 is 0 Å². The molecule has 0 aliphatic carbocycles. The number of pyridine rings is 1. The van der Waals surface area contributed by atoms with E-state index in [1.807, 2.05) is 48.5 Å². The van der Waals surface area contributed by atoms with Gasteiger partial charge in [0.15, 0.2) is 0 Å². The zero-order valence-electron chi connectivity index (χ0n) is 17.4. The Balaban J connectivity index is 1.16. The summed E-state index contributed by atoms with van der Waals surface area (Å²) >= 11 is 12.5. The number of halogens is 2. The SMILES string of the molecule is O=C(CCCCN1CCN(c2cccc(Cl)c2Cl)CC1)Nc1cnc2ccccc2c1. The summed E-state index contributed by atoms with van der Waals surface area (Å²) in [5.74, 6) is 0.0394. The minimum atomic E-state index is 0.0394. The Kier molecular flexibility index (Phi) is 7.28. The molecule has 0 unspecified atom stereocenters. The van der Waals surface area contributed by atoms with Gasteiger partial charge in [-0.15, -0.1) is 0 Å². The number of aromatic nitrogens is 1. The maximum absolute atomic E-state index is 12.3. The summed E-state index contributed by atoms with van der Waals surface area (Å²) in [7, 11) is 0. The van der Waals surface area contributed by atoms with Gasteiger partial charge in [-0.3, -0.25) is 14.7 Å². The molecule has 0 spiro atoms. The molecular weight excluding hydrogens is 431 g/mol. The summed E-state index contributed by atoms with van der Waals surface area (Å²) in [6.45, 7) is 4.82. The largest absolute Gasteiger partial charge is 0.368 e. The number of fused-ring (bicyclic) bond motifs is 1. The first-order chi connectivity index (χ1) is 15.1. The van der Waals surface area contributed by atoms with Gasteiger partial charge in [-0.2, -0.15) is 0 Å². The van der Waals surface area contributed by atoms with Crippen molar-refractivity contribution in [2.24, 2.45) is 0 Å². The number of nitrogens with zero attached hydrogens (tertiary/aromatic N) is 3. The number of piperazine rings is 1. The number of hydrogen-bond donors (Lipinski definition) is 1. The van der Waals surface area contributed by atoms with E-state index in [1.54, 1.807) is 6.20 Å². The lowest BCUT2D eigenvalue weighted by atomic mass is 10.2. The Bertz CT molecular complexity index is 1050. The zero-order chi connectivity index (χ0) is 21.6. The number of benzene rings is 2. The monoisotopic (exact) mass is 456 g/mol. The van der Waals surface area contributed by atoms with Crippen LogP contribution in [0.4, 0.5) is 11.4 Å². The summed E-state index contributed by atoms with van der Waals surface area (Å²) in [6, 6.07) is 15.6. The zero-order valence-corrected chi connectivity index (χ0v) is 18.9. The molecule has 1 fully saturated rings. The average molecular weight is 457 g/mol. The van der Waals surface area contributed by atoms with E-state index in [9.17, 15) is 4.79 Å². The molecule has 0 radical (unpaired) electrons. The van der Waals surface area contributed by atoms with Gasteiger partial charge in [0.05, 0.1) is 33.1 Å². The van der Waals surface area contributed by atoms with Crippen LogP contribution in [0.2, 0.25) is 10.0 Å². The molecule has 1 N–H and O–H groups in total. The van der Waals surface area contributed by atoms with E-state index in [0.29, 0.717) is 16.5 Å². The van der Waals surface area contributed by atoms with Crippen molar-refractivity contribution >= 4 is 51.4 Å². The number of carbonyl (C=O) groups excluding carboxylic acids is 1. The van der Waals surface area contributed by atoms with Gasteiger partial charge in [-0.25, -0.2) is 0 Å². The summed E-state index contributed by atoms with van der Waals surface area (Å²) in [6.07, 6.45) is 4.10. The minimum Gasteiger partial charge on any atom is -0.368 e. The normalized spacial score (nSPS) is 14.7. The van der Waals surface area contributed by atoms with Crippen LogP contribution in [0.25, 0.3) is 10.9 Å². The number of nitrogens with one attached hydrogen (secondary N) is 1. The van der Waals surface area contributed by atoms with Crippen molar-refractivity contribution in [3.8, 4) is 0 Å². The van der Waals surface area contributed by atoms with Crippen molar-refractivity contribution in [2.45, 2.75) is 19.3 Å². The molecule has 31 heavy (non-hydrogen) atoms. The fourth-order valence-corrected chi connectivity index (χ4v) is 4.35. The second-order valence-electron chi connectivity index (χ2n) is 7.82. The van der Waals surface area contributed by atoms with Gasteiger partial charge < -0.3 is 10.2 Å². The molecule has 1 aliphatic heterocycles. The molecule has 0 saturated carbocycles. The Morgan fingerprint density at radius 1 is 1.00 bits per heavy atom. The molecule has 2 aromatic carbocycles. The van der Waals surface area contributed by atoms with Gasteiger partial charge in [0.1, 0.15) is 0 Å². The fourth-order valence-electron chi connectivity index (χ4n) is 3.93. The molecular formula is C24H26Cl2N4O. The lowest BCUT2D eigenvalue weighted by Crippen LogP contribution is -2.46. The van der Waals surface area contributed by atoms with Crippen LogP contribution in [0, 0.1) is 0 Å². The van der Waals surface area contributed by atoms with Crippen LogP contribution in [0.15, 0.2) is 54.7 Å². The summed E-state index contributed by atoms with van der Waals surface area (Å²) < 4.78 is 0. The smallest absolute Gasteiger partial charge is 0.224 e. The van der Waals surface area contributed by atoms with Crippen LogP contribution < -0.4 is 10.2 Å². The molecule has 1 aliphatic rings. The Morgan fingerprint density at radius 3 is 2.65 bits per heavy atom. The molecule has 2 heterocycles. The lowest BCUT2D eigenvalue weighted by Gasteiger charge is -2.36. The first kappa shape index (κ1) is 21.9. The van der Waals surface area contributed by atoms with Crippen LogP contribution in [-0.4, -0.2) is 48.5 Å². The fraction of sp³-hybridized carbons (Fsp3) is 0.333. The Morgan fingerprint density at radius 2 is 1.81 bits per heavy atom. The number of unbranched alkanes of at least 4 members (excludes halogenated alkanes) is 1. The van der Waals surface area contributed by atoms with E-state index in [4.69, 9.17) is 23.2 Å². The predicted molar refractivity (Wildman–Crippen MR) is 129 cm³/mol. The third kappa shape index (κ3) is 5.67. The van der Waals surface area contributed by atoms with Gasteiger partial charge in [0.2, 0.25) is 5.91 Å². The number of para-hydroxylation sites is 1. The number of carbonyl (C=O) groups is 1. The molecule has 1 saturated heterocycles. The van der Waals surface area contributed by atoms with Gasteiger partial charge >= 0.3 is 0 Å². The summed E-state index contributed by atoms with van der Waals surface area (Å²) in [4.78, 5) is 21.4. The van der Waals surface area contributed by atoms with Crippen molar-refractivity contribution in [3.05, 3.63) is 64.8 Å². The van der Waals surface area contributed by atoms with E-state index in [1.165, 1.54) is 0 Å². The molecule has 3 aromatic rings. The number of hydrogen-bond acceptors (Lipinski definition) is 4.